The van der Waals surface area contributed by atoms with Crippen LogP contribution in [0.5, 0.6) is 0 Å². The standard InChI is InChI=1S/C18H20FN7O4/c1-8(9-2-4-10(19)5-3-9)24-25-18-22-15(20)12-16(23-18)26(7-21-12)17-14(29)13(28)11(6-27)30-17/h2-5,7-8,11,13-14,17,27-29H,6H2,1H3,(H2,20,22,23)/t8?,11-,13?,14?,17-/m1/s1. The van der Waals surface area contributed by atoms with Crippen LogP contribution in [-0.2, 0) is 4.74 Å². The number of hydrogen-bond donors (Lipinski definition) is 4. The smallest absolute Gasteiger partial charge is 0.272 e. The summed E-state index contributed by atoms with van der Waals surface area (Å²) in [7, 11) is 0. The molecule has 1 saturated heterocycles. The molecular formula is C18H20FN7O4. The predicted molar refractivity (Wildman–Crippen MR) is 102 cm³/mol. The summed E-state index contributed by atoms with van der Waals surface area (Å²) in [4.78, 5) is 12.5. The number of rotatable bonds is 5. The van der Waals surface area contributed by atoms with Gasteiger partial charge in [0.25, 0.3) is 5.95 Å². The molecule has 4 rings (SSSR count). The zero-order valence-corrected chi connectivity index (χ0v) is 15.9. The molecule has 3 aromatic rings. The molecule has 1 aliphatic rings. The SMILES string of the molecule is CC(N=Nc1nc(N)c2ncn([C@@H]3O[C@H](CO)C(O)C3O)c2n1)c1ccc(F)cc1. The zero-order valence-electron chi connectivity index (χ0n) is 15.9. The first kappa shape index (κ1) is 20.2. The normalized spacial score (nSPS) is 25.4. The minimum absolute atomic E-state index is 0.0394. The average Bonchev–Trinajstić information content (AvgIpc) is 3.28. The van der Waals surface area contributed by atoms with Gasteiger partial charge >= 0.3 is 0 Å². The Morgan fingerprint density at radius 2 is 1.97 bits per heavy atom. The van der Waals surface area contributed by atoms with E-state index in [0.717, 1.165) is 5.56 Å². The van der Waals surface area contributed by atoms with Crippen molar-refractivity contribution in [3.63, 3.8) is 0 Å². The van der Waals surface area contributed by atoms with Crippen LogP contribution in [0.2, 0.25) is 0 Å². The van der Waals surface area contributed by atoms with Crippen LogP contribution < -0.4 is 5.73 Å². The molecule has 12 heteroatoms. The van der Waals surface area contributed by atoms with Gasteiger partial charge in [-0.1, -0.05) is 12.1 Å². The number of hydrogen-bond acceptors (Lipinski definition) is 10. The summed E-state index contributed by atoms with van der Waals surface area (Å²) in [6, 6.07) is 5.50. The summed E-state index contributed by atoms with van der Waals surface area (Å²) >= 11 is 0. The second-order valence-electron chi connectivity index (χ2n) is 6.90. The van der Waals surface area contributed by atoms with Crippen LogP contribution >= 0.6 is 0 Å². The maximum absolute atomic E-state index is 13.1. The van der Waals surface area contributed by atoms with Gasteiger partial charge in [-0.25, -0.2) is 9.37 Å². The highest BCUT2D eigenvalue weighted by molar-refractivity contribution is 5.82. The molecule has 0 saturated carbocycles. The molecule has 0 spiro atoms. The molecule has 3 unspecified atom stereocenters. The second-order valence-corrected chi connectivity index (χ2v) is 6.90. The number of nitrogens with two attached hydrogens (primary N) is 1. The van der Waals surface area contributed by atoms with Crippen LogP contribution in [0.1, 0.15) is 24.8 Å². The number of nitrogen functional groups attached to an aromatic ring is 1. The Kier molecular flexibility index (Phi) is 5.39. The molecule has 1 aromatic carbocycles. The first-order valence-corrected chi connectivity index (χ1v) is 9.18. The average molecular weight is 417 g/mol. The van der Waals surface area contributed by atoms with Crippen LogP contribution in [0.3, 0.4) is 0 Å². The molecule has 5 N–H and O–H groups in total. The Balaban J connectivity index is 1.64. The summed E-state index contributed by atoms with van der Waals surface area (Å²) < 4.78 is 20.0. The van der Waals surface area contributed by atoms with Gasteiger partial charge in [0.1, 0.15) is 29.6 Å². The van der Waals surface area contributed by atoms with Gasteiger partial charge in [0.15, 0.2) is 17.7 Å². The van der Waals surface area contributed by atoms with Gasteiger partial charge in [-0.2, -0.15) is 15.1 Å². The largest absolute Gasteiger partial charge is 0.394 e. The summed E-state index contributed by atoms with van der Waals surface area (Å²) in [5, 5.41) is 37.7. The number of fused-ring (bicyclic) bond motifs is 1. The molecule has 3 heterocycles. The third-order valence-corrected chi connectivity index (χ3v) is 4.90. The first-order valence-electron chi connectivity index (χ1n) is 9.18. The molecule has 0 bridgehead atoms. The van der Waals surface area contributed by atoms with Crippen LogP contribution in [0.4, 0.5) is 16.2 Å². The van der Waals surface area contributed by atoms with Gasteiger partial charge in [0, 0.05) is 0 Å². The topological polar surface area (TPSA) is 164 Å². The van der Waals surface area contributed by atoms with Gasteiger partial charge < -0.3 is 25.8 Å². The van der Waals surface area contributed by atoms with E-state index in [-0.39, 0.29) is 34.8 Å². The quantitative estimate of drug-likeness (QED) is 0.447. The fourth-order valence-electron chi connectivity index (χ4n) is 3.21. The van der Waals surface area contributed by atoms with Crippen molar-refractivity contribution in [1.82, 2.24) is 19.5 Å². The second kappa shape index (κ2) is 7.99. The predicted octanol–water partition coefficient (Wildman–Crippen LogP) is 1.00. The monoisotopic (exact) mass is 417 g/mol. The highest BCUT2D eigenvalue weighted by Crippen LogP contribution is 2.32. The van der Waals surface area contributed by atoms with Gasteiger partial charge in [0.05, 0.1) is 19.0 Å². The van der Waals surface area contributed by atoms with Crippen LogP contribution in [0, 0.1) is 5.82 Å². The number of aliphatic hydroxyl groups is 3. The van der Waals surface area contributed by atoms with E-state index in [9.17, 15) is 19.7 Å². The lowest BCUT2D eigenvalue weighted by molar-refractivity contribution is -0.0511. The lowest BCUT2D eigenvalue weighted by Gasteiger charge is -2.16. The van der Waals surface area contributed by atoms with E-state index in [4.69, 9.17) is 10.5 Å². The number of aromatic nitrogens is 4. The molecule has 2 aromatic heterocycles. The summed E-state index contributed by atoms with van der Waals surface area (Å²) in [6.07, 6.45) is -3.21. The van der Waals surface area contributed by atoms with E-state index in [0.29, 0.717) is 0 Å². The van der Waals surface area contributed by atoms with Crippen molar-refractivity contribution in [1.29, 1.82) is 0 Å². The van der Waals surface area contributed by atoms with Crippen molar-refractivity contribution in [3.8, 4) is 0 Å². The maximum atomic E-state index is 13.1. The fourth-order valence-corrected chi connectivity index (χ4v) is 3.21. The minimum Gasteiger partial charge on any atom is -0.394 e. The first-order chi connectivity index (χ1) is 14.4. The zero-order chi connectivity index (χ0) is 21.4. The van der Waals surface area contributed by atoms with E-state index in [2.05, 4.69) is 25.2 Å². The number of imidazole rings is 1. The van der Waals surface area contributed by atoms with Gasteiger partial charge in [-0.05, 0) is 24.6 Å². The highest BCUT2D eigenvalue weighted by Gasteiger charge is 2.44. The Bertz CT molecular complexity index is 1070. The number of nitrogens with zero attached hydrogens (tertiary/aromatic N) is 6. The van der Waals surface area contributed by atoms with Gasteiger partial charge in [-0.15, -0.1) is 5.11 Å². The number of ether oxygens (including phenoxy) is 1. The van der Waals surface area contributed by atoms with E-state index < -0.39 is 31.1 Å². The number of halogens is 1. The number of benzene rings is 1. The molecule has 1 aliphatic heterocycles. The minimum atomic E-state index is -1.31. The van der Waals surface area contributed by atoms with Crippen LogP contribution in [0.25, 0.3) is 11.2 Å². The van der Waals surface area contributed by atoms with Crippen molar-refractivity contribution >= 4 is 22.9 Å². The van der Waals surface area contributed by atoms with Crippen LogP contribution in [0.15, 0.2) is 40.8 Å². The van der Waals surface area contributed by atoms with Crippen molar-refractivity contribution in [3.05, 3.63) is 42.0 Å². The number of aliphatic hydroxyl groups excluding tert-OH is 3. The molecule has 5 atom stereocenters. The summed E-state index contributed by atoms with van der Waals surface area (Å²) in [5.74, 6) is -0.334. The van der Waals surface area contributed by atoms with Crippen LogP contribution in [-0.4, -0.2) is 59.8 Å². The van der Waals surface area contributed by atoms with Crippen molar-refractivity contribution in [2.75, 3.05) is 12.3 Å². The number of anilines is 1. The molecule has 30 heavy (non-hydrogen) atoms. The molecular weight excluding hydrogens is 397 g/mol. The molecule has 11 nitrogen and oxygen atoms in total. The molecule has 158 valence electrons. The highest BCUT2D eigenvalue weighted by atomic mass is 19.1. The van der Waals surface area contributed by atoms with Crippen molar-refractivity contribution in [2.45, 2.75) is 37.5 Å². The molecule has 1 fully saturated rings. The van der Waals surface area contributed by atoms with E-state index in [1.54, 1.807) is 19.1 Å². The van der Waals surface area contributed by atoms with Crippen molar-refractivity contribution in [2.24, 2.45) is 10.2 Å². The Morgan fingerprint density at radius 1 is 1.23 bits per heavy atom. The third-order valence-electron chi connectivity index (χ3n) is 4.90. The van der Waals surface area contributed by atoms with E-state index >= 15 is 0 Å². The summed E-state index contributed by atoms with van der Waals surface area (Å²) in [6.45, 7) is 1.32. The lowest BCUT2D eigenvalue weighted by atomic mass is 10.1. The maximum Gasteiger partial charge on any atom is 0.272 e. The lowest BCUT2D eigenvalue weighted by Crippen LogP contribution is -2.33. The Hall–Kier alpha value is -3.06. The Morgan fingerprint density at radius 3 is 2.63 bits per heavy atom. The molecule has 0 amide bonds. The molecule has 0 aliphatic carbocycles. The summed E-state index contributed by atoms with van der Waals surface area (Å²) in [5.41, 5.74) is 7.20. The van der Waals surface area contributed by atoms with Crippen molar-refractivity contribution < 1.29 is 24.4 Å². The number of azo groups is 1. The van der Waals surface area contributed by atoms with E-state index in [1.165, 1.54) is 23.0 Å². The fraction of sp³-hybridized carbons (Fsp3) is 0.389. The van der Waals surface area contributed by atoms with Gasteiger partial charge in [-0.3, -0.25) is 4.57 Å². The third kappa shape index (κ3) is 3.61. The molecule has 0 radical (unpaired) electrons. The van der Waals surface area contributed by atoms with Gasteiger partial charge in [0.2, 0.25) is 0 Å². The van der Waals surface area contributed by atoms with E-state index in [1.807, 2.05) is 0 Å². The Labute approximate surface area is 169 Å².